The van der Waals surface area contributed by atoms with Gasteiger partial charge in [-0.25, -0.2) is 4.79 Å². The predicted molar refractivity (Wildman–Crippen MR) is 90.1 cm³/mol. The Morgan fingerprint density at radius 1 is 1.04 bits per heavy atom. The van der Waals surface area contributed by atoms with Crippen LogP contribution in [0.25, 0.3) is 10.9 Å². The highest BCUT2D eigenvalue weighted by Gasteiger charge is 2.14. The molecule has 1 aromatic heterocycles. The van der Waals surface area contributed by atoms with Crippen LogP contribution in [-0.2, 0) is 13.0 Å². The third kappa shape index (κ3) is 2.88. The highest BCUT2D eigenvalue weighted by Crippen LogP contribution is 2.15. The van der Waals surface area contributed by atoms with E-state index in [0.29, 0.717) is 6.54 Å². The Morgan fingerprint density at radius 3 is 2.35 bits per heavy atom. The normalized spacial score (nSPS) is 10.8. The molecule has 1 heterocycles. The SMILES string of the molecule is CCc1ccc(Cn2c(=O)c(C(=O)O)cc3ccccc32)cc1. The third-order valence-corrected chi connectivity index (χ3v) is 4.01. The summed E-state index contributed by atoms with van der Waals surface area (Å²) in [6.45, 7) is 2.44. The number of aryl methyl sites for hydroxylation is 1. The average molecular weight is 307 g/mol. The molecule has 0 saturated carbocycles. The molecule has 0 bridgehead atoms. The number of carboxylic acids is 1. The number of rotatable bonds is 4. The van der Waals surface area contributed by atoms with Gasteiger partial charge in [0.2, 0.25) is 0 Å². The lowest BCUT2D eigenvalue weighted by molar-refractivity contribution is 0.0694. The van der Waals surface area contributed by atoms with Gasteiger partial charge in [0.05, 0.1) is 12.1 Å². The first-order valence-corrected chi connectivity index (χ1v) is 7.54. The number of hydrogen-bond donors (Lipinski definition) is 1. The van der Waals surface area contributed by atoms with Crippen molar-refractivity contribution in [3.63, 3.8) is 0 Å². The first-order chi connectivity index (χ1) is 11.1. The maximum atomic E-state index is 12.5. The lowest BCUT2D eigenvalue weighted by Gasteiger charge is -2.12. The van der Waals surface area contributed by atoms with E-state index in [1.165, 1.54) is 16.2 Å². The number of pyridine rings is 1. The summed E-state index contributed by atoms with van der Waals surface area (Å²) in [7, 11) is 0. The molecule has 0 amide bonds. The molecule has 116 valence electrons. The minimum Gasteiger partial charge on any atom is -0.477 e. The predicted octanol–water partition coefficient (Wildman–Crippen LogP) is 3.31. The molecule has 4 heteroatoms. The van der Waals surface area contributed by atoms with Crippen LogP contribution in [-0.4, -0.2) is 15.6 Å². The number of nitrogens with zero attached hydrogens (tertiary/aromatic N) is 1. The van der Waals surface area contributed by atoms with Crippen molar-refractivity contribution in [2.75, 3.05) is 0 Å². The highest BCUT2D eigenvalue weighted by molar-refractivity contribution is 5.92. The molecule has 0 saturated heterocycles. The van der Waals surface area contributed by atoms with Crippen LogP contribution < -0.4 is 5.56 Å². The van der Waals surface area contributed by atoms with Crippen LogP contribution in [0.4, 0.5) is 0 Å². The maximum Gasteiger partial charge on any atom is 0.341 e. The Bertz CT molecular complexity index is 923. The van der Waals surface area contributed by atoms with Crippen LogP contribution in [0.15, 0.2) is 59.4 Å². The van der Waals surface area contributed by atoms with E-state index in [0.717, 1.165) is 22.9 Å². The van der Waals surface area contributed by atoms with E-state index in [4.69, 9.17) is 0 Å². The number of hydrogen-bond acceptors (Lipinski definition) is 2. The molecule has 0 spiro atoms. The number of aromatic nitrogens is 1. The largest absolute Gasteiger partial charge is 0.477 e. The van der Waals surface area contributed by atoms with Crippen molar-refractivity contribution in [2.24, 2.45) is 0 Å². The first-order valence-electron chi connectivity index (χ1n) is 7.54. The van der Waals surface area contributed by atoms with Gasteiger partial charge in [0.25, 0.3) is 5.56 Å². The molecular weight excluding hydrogens is 290 g/mol. The Labute approximate surface area is 133 Å². The van der Waals surface area contributed by atoms with Crippen LogP contribution in [0.3, 0.4) is 0 Å². The summed E-state index contributed by atoms with van der Waals surface area (Å²) < 4.78 is 1.53. The zero-order chi connectivity index (χ0) is 16.4. The van der Waals surface area contributed by atoms with Crippen molar-refractivity contribution < 1.29 is 9.90 Å². The van der Waals surface area contributed by atoms with E-state index in [2.05, 4.69) is 6.92 Å². The molecule has 2 aromatic carbocycles. The maximum absolute atomic E-state index is 12.5. The van der Waals surface area contributed by atoms with Gasteiger partial charge in [0, 0.05) is 0 Å². The smallest absolute Gasteiger partial charge is 0.341 e. The minimum atomic E-state index is -1.20. The fourth-order valence-electron chi connectivity index (χ4n) is 2.70. The number of para-hydroxylation sites is 1. The molecule has 0 atom stereocenters. The van der Waals surface area contributed by atoms with Gasteiger partial charge in [-0.15, -0.1) is 0 Å². The number of carboxylic acid groups (broad SMARTS) is 1. The van der Waals surface area contributed by atoms with Crippen molar-refractivity contribution in [1.29, 1.82) is 0 Å². The molecular formula is C19H17NO3. The zero-order valence-electron chi connectivity index (χ0n) is 12.8. The fraction of sp³-hybridized carbons (Fsp3) is 0.158. The summed E-state index contributed by atoms with van der Waals surface area (Å²) in [6.07, 6.45) is 0.956. The van der Waals surface area contributed by atoms with Crippen molar-refractivity contribution in [3.8, 4) is 0 Å². The van der Waals surface area contributed by atoms with E-state index in [-0.39, 0.29) is 5.56 Å². The van der Waals surface area contributed by atoms with Crippen LogP contribution >= 0.6 is 0 Å². The number of benzene rings is 2. The number of aromatic carboxylic acids is 1. The molecule has 23 heavy (non-hydrogen) atoms. The number of carbonyl (C=O) groups is 1. The molecule has 0 aliphatic rings. The summed E-state index contributed by atoms with van der Waals surface area (Å²) in [6, 6.07) is 16.8. The van der Waals surface area contributed by atoms with Gasteiger partial charge >= 0.3 is 5.97 Å². The summed E-state index contributed by atoms with van der Waals surface area (Å²) >= 11 is 0. The highest BCUT2D eigenvalue weighted by atomic mass is 16.4. The Hall–Kier alpha value is -2.88. The lowest BCUT2D eigenvalue weighted by Crippen LogP contribution is -2.27. The topological polar surface area (TPSA) is 59.3 Å². The minimum absolute atomic E-state index is 0.200. The Kier molecular flexibility index (Phi) is 3.98. The quantitative estimate of drug-likeness (QED) is 0.804. The molecule has 3 rings (SSSR count). The molecule has 0 unspecified atom stereocenters. The zero-order valence-corrected chi connectivity index (χ0v) is 12.8. The van der Waals surface area contributed by atoms with Crippen molar-refractivity contribution in [2.45, 2.75) is 19.9 Å². The second-order valence-corrected chi connectivity index (χ2v) is 5.48. The van der Waals surface area contributed by atoms with E-state index < -0.39 is 11.5 Å². The third-order valence-electron chi connectivity index (χ3n) is 4.01. The van der Waals surface area contributed by atoms with Crippen molar-refractivity contribution in [1.82, 2.24) is 4.57 Å². The van der Waals surface area contributed by atoms with Crippen molar-refractivity contribution >= 4 is 16.9 Å². The Morgan fingerprint density at radius 2 is 1.70 bits per heavy atom. The van der Waals surface area contributed by atoms with Gasteiger partial charge in [0.15, 0.2) is 0 Å². The van der Waals surface area contributed by atoms with Gasteiger partial charge < -0.3 is 9.67 Å². The van der Waals surface area contributed by atoms with E-state index in [1.807, 2.05) is 48.5 Å². The van der Waals surface area contributed by atoms with Gasteiger partial charge in [0.1, 0.15) is 5.56 Å². The molecule has 0 radical (unpaired) electrons. The van der Waals surface area contributed by atoms with Gasteiger partial charge in [-0.1, -0.05) is 49.4 Å². The monoisotopic (exact) mass is 307 g/mol. The summed E-state index contributed by atoms with van der Waals surface area (Å²) in [5.74, 6) is -1.20. The van der Waals surface area contributed by atoms with Gasteiger partial charge in [-0.2, -0.15) is 0 Å². The van der Waals surface area contributed by atoms with Crippen molar-refractivity contribution in [3.05, 3.63) is 81.6 Å². The fourth-order valence-corrected chi connectivity index (χ4v) is 2.70. The second kappa shape index (κ2) is 6.08. The molecule has 4 nitrogen and oxygen atoms in total. The molecule has 0 fully saturated rings. The second-order valence-electron chi connectivity index (χ2n) is 5.48. The van der Waals surface area contributed by atoms with Crippen LogP contribution in [0.1, 0.15) is 28.4 Å². The summed E-state index contributed by atoms with van der Waals surface area (Å²) in [4.78, 5) is 23.9. The van der Waals surface area contributed by atoms with E-state index >= 15 is 0 Å². The van der Waals surface area contributed by atoms with Crippen LogP contribution in [0.5, 0.6) is 0 Å². The van der Waals surface area contributed by atoms with Crippen LogP contribution in [0.2, 0.25) is 0 Å². The lowest BCUT2D eigenvalue weighted by atomic mass is 10.1. The molecule has 1 N–H and O–H groups in total. The summed E-state index contributed by atoms with van der Waals surface area (Å²) in [5, 5.41) is 10.0. The molecule has 0 aliphatic heterocycles. The summed E-state index contributed by atoms with van der Waals surface area (Å²) in [5.41, 5.74) is 2.26. The standard InChI is InChI=1S/C19H17NO3/c1-2-13-7-9-14(10-8-13)12-20-17-6-4-3-5-15(17)11-16(18(20)21)19(22)23/h3-11H,2,12H2,1H3,(H,22,23). The molecule has 0 aliphatic carbocycles. The van der Waals surface area contributed by atoms with Crippen LogP contribution in [0, 0.1) is 0 Å². The van der Waals surface area contributed by atoms with E-state index in [9.17, 15) is 14.7 Å². The van der Waals surface area contributed by atoms with Gasteiger partial charge in [-0.3, -0.25) is 4.79 Å². The number of fused-ring (bicyclic) bond motifs is 1. The molecule has 3 aromatic rings. The van der Waals surface area contributed by atoms with E-state index in [1.54, 1.807) is 0 Å². The average Bonchev–Trinajstić information content (AvgIpc) is 2.57. The Balaban J connectivity index is 2.16. The van der Waals surface area contributed by atoms with Gasteiger partial charge in [-0.05, 0) is 35.1 Å². The first kappa shape index (κ1) is 15.0.